The summed E-state index contributed by atoms with van der Waals surface area (Å²) in [6, 6.07) is 12.8. The van der Waals surface area contributed by atoms with Crippen LogP contribution in [0.25, 0.3) is 0 Å². The van der Waals surface area contributed by atoms with Gasteiger partial charge in [0.1, 0.15) is 5.82 Å². The number of nitrogens with one attached hydrogen (secondary N) is 1. The summed E-state index contributed by atoms with van der Waals surface area (Å²) in [5.41, 5.74) is 3.82. The Hall–Kier alpha value is -0.590. The second-order valence-electron chi connectivity index (χ2n) is 4.56. The summed E-state index contributed by atoms with van der Waals surface area (Å²) in [5, 5.41) is 0.739. The molecular formula is C15H15BrClFN2S. The van der Waals surface area contributed by atoms with Crippen molar-refractivity contribution in [2.75, 3.05) is 5.75 Å². The van der Waals surface area contributed by atoms with Gasteiger partial charge in [-0.25, -0.2) is 4.39 Å². The maximum atomic E-state index is 13.2. The first-order valence-electron chi connectivity index (χ1n) is 6.37. The Morgan fingerprint density at radius 2 is 2.05 bits per heavy atom. The summed E-state index contributed by atoms with van der Waals surface area (Å²) >= 11 is 11.0. The van der Waals surface area contributed by atoms with E-state index in [-0.39, 0.29) is 11.9 Å². The minimum absolute atomic E-state index is 0.0728. The summed E-state index contributed by atoms with van der Waals surface area (Å²) in [4.78, 5) is 1.03. The van der Waals surface area contributed by atoms with E-state index in [1.54, 1.807) is 23.9 Å². The number of hydrogen-bond acceptors (Lipinski definition) is 3. The molecule has 0 aromatic heterocycles. The van der Waals surface area contributed by atoms with E-state index >= 15 is 0 Å². The van der Waals surface area contributed by atoms with Crippen molar-refractivity contribution in [3.05, 3.63) is 63.3 Å². The molecule has 2 aromatic carbocycles. The third-order valence-electron chi connectivity index (χ3n) is 2.98. The van der Waals surface area contributed by atoms with E-state index in [1.807, 2.05) is 24.3 Å². The summed E-state index contributed by atoms with van der Waals surface area (Å²) in [7, 11) is 0. The van der Waals surface area contributed by atoms with E-state index in [2.05, 4.69) is 21.4 Å². The Labute approximate surface area is 141 Å². The molecule has 21 heavy (non-hydrogen) atoms. The van der Waals surface area contributed by atoms with E-state index < -0.39 is 0 Å². The average Bonchev–Trinajstić information content (AvgIpc) is 2.48. The highest BCUT2D eigenvalue weighted by Gasteiger charge is 2.11. The maximum Gasteiger partial charge on any atom is 0.137 e. The lowest BCUT2D eigenvalue weighted by Crippen LogP contribution is -2.38. The first kappa shape index (κ1) is 16.8. The zero-order valence-electron chi connectivity index (χ0n) is 11.2. The van der Waals surface area contributed by atoms with Crippen LogP contribution < -0.4 is 11.3 Å². The van der Waals surface area contributed by atoms with Crippen LogP contribution in [0, 0.1) is 5.82 Å². The number of hydrogen-bond donors (Lipinski definition) is 2. The third-order valence-corrected chi connectivity index (χ3v) is 5.26. The molecule has 3 N–H and O–H groups in total. The monoisotopic (exact) mass is 388 g/mol. The first-order chi connectivity index (χ1) is 10.1. The average molecular weight is 390 g/mol. The summed E-state index contributed by atoms with van der Waals surface area (Å²) in [5.74, 6) is 6.12. The van der Waals surface area contributed by atoms with Gasteiger partial charge in [-0.05, 0) is 52.2 Å². The smallest absolute Gasteiger partial charge is 0.137 e. The van der Waals surface area contributed by atoms with Gasteiger partial charge < -0.3 is 0 Å². The van der Waals surface area contributed by atoms with E-state index in [4.69, 9.17) is 17.4 Å². The fourth-order valence-electron chi connectivity index (χ4n) is 1.87. The molecule has 1 atom stereocenters. The number of thioether (sulfide) groups is 1. The summed E-state index contributed by atoms with van der Waals surface area (Å²) in [6.07, 6.45) is 0.715. The van der Waals surface area contributed by atoms with Crippen molar-refractivity contribution in [1.82, 2.24) is 5.43 Å². The molecule has 0 saturated heterocycles. The fourth-order valence-corrected chi connectivity index (χ4v) is 3.57. The lowest BCUT2D eigenvalue weighted by molar-refractivity contribution is 0.573. The van der Waals surface area contributed by atoms with Crippen molar-refractivity contribution in [2.45, 2.75) is 17.4 Å². The SMILES string of the molecule is NNC(CSc1ccccc1Cl)Cc1ccc(F)c(Br)c1. The molecule has 0 saturated carbocycles. The van der Waals surface area contributed by atoms with Crippen molar-refractivity contribution >= 4 is 39.3 Å². The predicted molar refractivity (Wildman–Crippen MR) is 91.1 cm³/mol. The van der Waals surface area contributed by atoms with E-state index in [1.165, 1.54) is 6.07 Å². The van der Waals surface area contributed by atoms with Crippen LogP contribution in [0.15, 0.2) is 51.8 Å². The van der Waals surface area contributed by atoms with Crippen LogP contribution in [0.3, 0.4) is 0 Å². The summed E-state index contributed by atoms with van der Waals surface area (Å²) in [6.45, 7) is 0. The van der Waals surface area contributed by atoms with Crippen molar-refractivity contribution in [3.63, 3.8) is 0 Å². The molecule has 0 fully saturated rings. The second-order valence-corrected chi connectivity index (χ2v) is 6.88. The standard InChI is InChI=1S/C15H15BrClFN2S/c16-12-8-10(5-6-14(12)18)7-11(20-19)9-21-15-4-2-1-3-13(15)17/h1-6,8,11,20H,7,9,19H2. The third kappa shape index (κ3) is 4.97. The van der Waals surface area contributed by atoms with Crippen molar-refractivity contribution in [2.24, 2.45) is 5.84 Å². The molecule has 2 aromatic rings. The van der Waals surface area contributed by atoms with Gasteiger partial charge in [0.05, 0.1) is 9.50 Å². The van der Waals surface area contributed by atoms with Gasteiger partial charge in [-0.15, -0.1) is 11.8 Å². The van der Waals surface area contributed by atoms with Crippen molar-refractivity contribution < 1.29 is 4.39 Å². The zero-order valence-corrected chi connectivity index (χ0v) is 14.3. The van der Waals surface area contributed by atoms with Crippen LogP contribution in [0.4, 0.5) is 4.39 Å². The largest absolute Gasteiger partial charge is 0.271 e. The van der Waals surface area contributed by atoms with Gasteiger partial charge >= 0.3 is 0 Å². The lowest BCUT2D eigenvalue weighted by Gasteiger charge is -2.16. The summed E-state index contributed by atoms with van der Waals surface area (Å²) < 4.78 is 13.7. The van der Waals surface area contributed by atoms with Crippen LogP contribution in [-0.2, 0) is 6.42 Å². The van der Waals surface area contributed by atoms with Crippen LogP contribution in [0.1, 0.15) is 5.56 Å². The number of nitrogens with two attached hydrogens (primary N) is 1. The molecule has 0 heterocycles. The molecule has 0 amide bonds. The molecule has 2 rings (SSSR count). The van der Waals surface area contributed by atoms with Gasteiger partial charge in [0.15, 0.2) is 0 Å². The second kappa shape index (κ2) is 8.15. The number of benzene rings is 2. The Balaban J connectivity index is 1.97. The van der Waals surface area contributed by atoms with E-state index in [0.29, 0.717) is 10.9 Å². The molecule has 0 spiro atoms. The number of halogens is 3. The highest BCUT2D eigenvalue weighted by molar-refractivity contribution is 9.10. The molecular weight excluding hydrogens is 375 g/mol. The molecule has 0 radical (unpaired) electrons. The van der Waals surface area contributed by atoms with Gasteiger partial charge in [-0.1, -0.05) is 29.8 Å². The van der Waals surface area contributed by atoms with Gasteiger partial charge in [0, 0.05) is 16.7 Å². The van der Waals surface area contributed by atoms with Gasteiger partial charge in [-0.3, -0.25) is 11.3 Å². The Kier molecular flexibility index (Phi) is 6.51. The lowest BCUT2D eigenvalue weighted by atomic mass is 10.1. The molecule has 1 unspecified atom stereocenters. The fraction of sp³-hybridized carbons (Fsp3) is 0.200. The molecule has 6 heteroatoms. The number of hydrazine groups is 1. The highest BCUT2D eigenvalue weighted by Crippen LogP contribution is 2.27. The minimum atomic E-state index is -0.263. The Morgan fingerprint density at radius 3 is 2.71 bits per heavy atom. The highest BCUT2D eigenvalue weighted by atomic mass is 79.9. The topological polar surface area (TPSA) is 38.0 Å². The predicted octanol–water partition coefficient (Wildman–Crippen LogP) is 4.41. The normalized spacial score (nSPS) is 12.4. The Bertz CT molecular complexity index is 612. The van der Waals surface area contributed by atoms with Crippen LogP contribution in [-0.4, -0.2) is 11.8 Å². The van der Waals surface area contributed by atoms with Crippen LogP contribution in [0.5, 0.6) is 0 Å². The van der Waals surface area contributed by atoms with Gasteiger partial charge in [0.2, 0.25) is 0 Å². The van der Waals surface area contributed by atoms with E-state index in [0.717, 1.165) is 21.2 Å². The van der Waals surface area contributed by atoms with E-state index in [9.17, 15) is 4.39 Å². The first-order valence-corrected chi connectivity index (χ1v) is 8.53. The van der Waals surface area contributed by atoms with Crippen LogP contribution >= 0.6 is 39.3 Å². The minimum Gasteiger partial charge on any atom is -0.271 e. The quantitative estimate of drug-likeness (QED) is 0.437. The van der Waals surface area contributed by atoms with Gasteiger partial charge in [0.25, 0.3) is 0 Å². The molecule has 0 aliphatic heterocycles. The number of rotatable bonds is 6. The van der Waals surface area contributed by atoms with Gasteiger partial charge in [-0.2, -0.15) is 0 Å². The zero-order chi connectivity index (χ0) is 15.2. The molecule has 2 nitrogen and oxygen atoms in total. The van der Waals surface area contributed by atoms with Crippen molar-refractivity contribution in [1.29, 1.82) is 0 Å². The molecule has 0 bridgehead atoms. The Morgan fingerprint density at radius 1 is 1.29 bits per heavy atom. The molecule has 0 aliphatic carbocycles. The van der Waals surface area contributed by atoms with Crippen LogP contribution in [0.2, 0.25) is 5.02 Å². The van der Waals surface area contributed by atoms with Crippen molar-refractivity contribution in [3.8, 4) is 0 Å². The molecule has 112 valence electrons. The maximum absolute atomic E-state index is 13.2. The molecule has 0 aliphatic rings.